The van der Waals surface area contributed by atoms with Crippen LogP contribution in [0.2, 0.25) is 0 Å². The lowest BCUT2D eigenvalue weighted by molar-refractivity contribution is -0.137. The maximum Gasteiger partial charge on any atom is 0.416 e. The van der Waals surface area contributed by atoms with E-state index >= 15 is 0 Å². The van der Waals surface area contributed by atoms with Crippen LogP contribution in [-0.4, -0.2) is 15.8 Å². The Labute approximate surface area is 114 Å². The van der Waals surface area contributed by atoms with Crippen molar-refractivity contribution in [3.8, 4) is 0 Å². The Morgan fingerprint density at radius 2 is 1.63 bits per heavy atom. The summed E-state index contributed by atoms with van der Waals surface area (Å²) in [6.45, 7) is 0. The Morgan fingerprint density at radius 3 is 2.16 bits per heavy atom. The summed E-state index contributed by atoms with van der Waals surface area (Å²) in [4.78, 5) is 19.7. The molecule has 0 spiro atoms. The summed E-state index contributed by atoms with van der Waals surface area (Å²) in [5.41, 5.74) is -0.626. The first-order valence-corrected chi connectivity index (χ1v) is 5.87. The van der Waals surface area contributed by atoms with E-state index in [2.05, 4.69) is 25.9 Å². The van der Waals surface area contributed by atoms with Crippen LogP contribution in [0.4, 0.5) is 13.2 Å². The molecule has 0 N–H and O–H groups in total. The fourth-order valence-electron chi connectivity index (χ4n) is 1.42. The van der Waals surface area contributed by atoms with Gasteiger partial charge in [-0.15, -0.1) is 0 Å². The quantitative estimate of drug-likeness (QED) is 0.791. The van der Waals surface area contributed by atoms with Crippen LogP contribution in [0, 0.1) is 0 Å². The Morgan fingerprint density at radius 1 is 1.05 bits per heavy atom. The van der Waals surface area contributed by atoms with Crippen LogP contribution in [0.3, 0.4) is 0 Å². The van der Waals surface area contributed by atoms with Gasteiger partial charge in [-0.3, -0.25) is 4.79 Å². The molecule has 19 heavy (non-hydrogen) atoms. The van der Waals surface area contributed by atoms with Gasteiger partial charge in [0.15, 0.2) is 0 Å². The van der Waals surface area contributed by atoms with Crippen LogP contribution in [0.15, 0.2) is 41.3 Å². The first kappa shape index (κ1) is 13.7. The molecule has 7 heteroatoms. The molecule has 3 nitrogen and oxygen atoms in total. The Hall–Kier alpha value is -1.76. The van der Waals surface area contributed by atoms with Crippen molar-refractivity contribution < 1.29 is 18.0 Å². The molecular weight excluding hydrogens is 325 g/mol. The highest BCUT2D eigenvalue weighted by Crippen LogP contribution is 2.29. The van der Waals surface area contributed by atoms with E-state index in [1.807, 2.05) is 0 Å². The van der Waals surface area contributed by atoms with E-state index < -0.39 is 17.5 Å². The van der Waals surface area contributed by atoms with Crippen LogP contribution in [0.5, 0.6) is 0 Å². The van der Waals surface area contributed by atoms with Gasteiger partial charge in [-0.05, 0) is 28.1 Å². The van der Waals surface area contributed by atoms with Gasteiger partial charge in [0.2, 0.25) is 5.78 Å². The second-order valence-corrected chi connectivity index (χ2v) is 4.35. The lowest BCUT2D eigenvalue weighted by atomic mass is 10.1. The van der Waals surface area contributed by atoms with Crippen LogP contribution >= 0.6 is 15.9 Å². The number of nitrogens with zero attached hydrogens (tertiary/aromatic N) is 2. The van der Waals surface area contributed by atoms with E-state index in [0.29, 0.717) is 0 Å². The van der Waals surface area contributed by atoms with Crippen molar-refractivity contribution in [2.45, 2.75) is 6.18 Å². The number of ketones is 1. The largest absolute Gasteiger partial charge is 0.416 e. The zero-order valence-electron chi connectivity index (χ0n) is 9.28. The second-order valence-electron chi connectivity index (χ2n) is 3.60. The molecule has 0 amide bonds. The molecule has 0 aliphatic heterocycles. The predicted molar refractivity (Wildman–Crippen MR) is 64.6 cm³/mol. The van der Waals surface area contributed by atoms with Gasteiger partial charge in [0.1, 0.15) is 10.3 Å². The first-order chi connectivity index (χ1) is 8.89. The lowest BCUT2D eigenvalue weighted by Gasteiger charge is -2.07. The van der Waals surface area contributed by atoms with Gasteiger partial charge < -0.3 is 0 Å². The topological polar surface area (TPSA) is 42.9 Å². The summed E-state index contributed by atoms with van der Waals surface area (Å²) in [5, 5.41) is 0. The molecule has 98 valence electrons. The molecule has 0 unspecified atom stereocenters. The van der Waals surface area contributed by atoms with E-state index in [4.69, 9.17) is 0 Å². The third-order valence-electron chi connectivity index (χ3n) is 2.34. The predicted octanol–water partition coefficient (Wildman–Crippen LogP) is 3.49. The molecule has 1 heterocycles. The molecule has 1 aromatic carbocycles. The van der Waals surface area contributed by atoms with Gasteiger partial charge in [-0.1, -0.05) is 12.1 Å². The minimum absolute atomic E-state index is 0.0576. The number of hydrogen-bond acceptors (Lipinski definition) is 3. The summed E-state index contributed by atoms with van der Waals surface area (Å²) in [6.07, 6.45) is -1.69. The average Bonchev–Trinajstić information content (AvgIpc) is 2.38. The van der Waals surface area contributed by atoms with Crippen LogP contribution in [-0.2, 0) is 6.18 Å². The zero-order valence-corrected chi connectivity index (χ0v) is 10.9. The molecule has 2 rings (SSSR count). The third-order valence-corrected chi connectivity index (χ3v) is 2.92. The van der Waals surface area contributed by atoms with Gasteiger partial charge in [0.05, 0.1) is 5.56 Å². The number of aromatic nitrogens is 2. The Balaban J connectivity index is 2.34. The SMILES string of the molecule is O=C(c1ccc(C(F)(F)F)cc1)c1nccnc1Br. The number of benzene rings is 1. The van der Waals surface area contributed by atoms with Crippen LogP contribution < -0.4 is 0 Å². The average molecular weight is 331 g/mol. The molecular formula is C12H6BrF3N2O. The normalized spacial score (nSPS) is 11.4. The van der Waals surface area contributed by atoms with Crippen molar-refractivity contribution >= 4 is 21.7 Å². The van der Waals surface area contributed by atoms with Crippen molar-refractivity contribution in [1.82, 2.24) is 9.97 Å². The van der Waals surface area contributed by atoms with Crippen molar-refractivity contribution in [3.63, 3.8) is 0 Å². The van der Waals surface area contributed by atoms with Gasteiger partial charge in [-0.2, -0.15) is 13.2 Å². The summed E-state index contributed by atoms with van der Waals surface area (Å²) < 4.78 is 37.4. The van der Waals surface area contributed by atoms with Crippen LogP contribution in [0.25, 0.3) is 0 Å². The monoisotopic (exact) mass is 330 g/mol. The summed E-state index contributed by atoms with van der Waals surface area (Å²) in [5.74, 6) is -0.492. The van der Waals surface area contributed by atoms with Gasteiger partial charge in [-0.25, -0.2) is 9.97 Å². The minimum Gasteiger partial charge on any atom is -0.287 e. The molecule has 0 aliphatic rings. The maximum absolute atomic E-state index is 12.4. The first-order valence-electron chi connectivity index (χ1n) is 5.08. The molecule has 0 radical (unpaired) electrons. The molecule has 0 atom stereocenters. The van der Waals surface area contributed by atoms with Gasteiger partial charge >= 0.3 is 6.18 Å². The lowest BCUT2D eigenvalue weighted by Crippen LogP contribution is -2.08. The molecule has 0 saturated carbocycles. The van der Waals surface area contributed by atoms with Crippen molar-refractivity contribution in [2.24, 2.45) is 0 Å². The van der Waals surface area contributed by atoms with Gasteiger partial charge in [0.25, 0.3) is 0 Å². The van der Waals surface area contributed by atoms with Crippen molar-refractivity contribution in [3.05, 3.63) is 58.1 Å². The molecule has 1 aromatic heterocycles. The number of alkyl halides is 3. The standard InChI is InChI=1S/C12H6BrF3N2O/c13-11-9(17-5-6-18-11)10(19)7-1-3-8(4-2-7)12(14,15)16/h1-6H. The smallest absolute Gasteiger partial charge is 0.287 e. The number of rotatable bonds is 2. The highest BCUT2D eigenvalue weighted by atomic mass is 79.9. The molecule has 0 aliphatic carbocycles. The minimum atomic E-state index is -4.42. The molecule has 2 aromatic rings. The number of carbonyl (C=O) groups excluding carboxylic acids is 1. The number of carbonyl (C=O) groups is 1. The zero-order chi connectivity index (χ0) is 14.0. The van der Waals surface area contributed by atoms with E-state index in [9.17, 15) is 18.0 Å². The fourth-order valence-corrected chi connectivity index (χ4v) is 1.82. The summed E-state index contributed by atoms with van der Waals surface area (Å²) in [7, 11) is 0. The third kappa shape index (κ3) is 2.98. The van der Waals surface area contributed by atoms with E-state index in [1.54, 1.807) is 0 Å². The number of halogens is 4. The second kappa shape index (κ2) is 5.08. The van der Waals surface area contributed by atoms with E-state index in [-0.39, 0.29) is 15.9 Å². The molecule has 0 bridgehead atoms. The Kier molecular flexibility index (Phi) is 3.66. The van der Waals surface area contributed by atoms with Gasteiger partial charge in [0, 0.05) is 18.0 Å². The summed E-state index contributed by atoms with van der Waals surface area (Å²) in [6, 6.07) is 3.95. The number of hydrogen-bond donors (Lipinski definition) is 0. The van der Waals surface area contributed by atoms with Crippen molar-refractivity contribution in [1.29, 1.82) is 0 Å². The maximum atomic E-state index is 12.4. The highest BCUT2D eigenvalue weighted by Gasteiger charge is 2.30. The molecule has 0 saturated heterocycles. The highest BCUT2D eigenvalue weighted by molar-refractivity contribution is 9.10. The van der Waals surface area contributed by atoms with E-state index in [1.165, 1.54) is 12.4 Å². The Bertz CT molecular complexity index is 611. The molecule has 0 fully saturated rings. The van der Waals surface area contributed by atoms with E-state index in [0.717, 1.165) is 24.3 Å². The van der Waals surface area contributed by atoms with Crippen molar-refractivity contribution in [2.75, 3.05) is 0 Å². The van der Waals surface area contributed by atoms with Crippen LogP contribution in [0.1, 0.15) is 21.6 Å². The summed E-state index contributed by atoms with van der Waals surface area (Å²) >= 11 is 3.07. The fraction of sp³-hybridized carbons (Fsp3) is 0.0833.